The number of fused-ring (bicyclic) bond motifs is 6. The van der Waals surface area contributed by atoms with Crippen LogP contribution in [0.15, 0.2) is 200 Å². The van der Waals surface area contributed by atoms with Gasteiger partial charge in [-0.05, 0) is 108 Å². The topological polar surface area (TPSA) is 4.93 Å². The average Bonchev–Trinajstić information content (AvgIpc) is 3.56. The van der Waals surface area contributed by atoms with Crippen molar-refractivity contribution < 1.29 is 0 Å². The summed E-state index contributed by atoms with van der Waals surface area (Å²) >= 11 is 0. The fraction of sp³-hybridized carbons (Fsp3) is 0.0741. The van der Waals surface area contributed by atoms with Crippen molar-refractivity contribution in [3.63, 3.8) is 0 Å². The number of aryl methyl sites for hydroxylation is 4. The third-order valence-corrected chi connectivity index (χ3v) is 10.5. The molecule has 0 amide bonds. The molecule has 55 heavy (non-hydrogen) atoms. The zero-order valence-corrected chi connectivity index (χ0v) is 32.0. The van der Waals surface area contributed by atoms with E-state index in [2.05, 4.69) is 226 Å². The van der Waals surface area contributed by atoms with Gasteiger partial charge in [-0.15, -0.1) is 0 Å². The number of benzene rings is 9. The normalized spacial score (nSPS) is 10.9. The molecule has 0 fully saturated rings. The van der Waals surface area contributed by atoms with Gasteiger partial charge in [0, 0.05) is 21.8 Å². The van der Waals surface area contributed by atoms with Gasteiger partial charge in [0.05, 0.1) is 11.0 Å². The molecule has 0 unspecified atom stereocenters. The molecule has 10 rings (SSSR count). The van der Waals surface area contributed by atoms with Crippen LogP contribution >= 0.6 is 0 Å². The van der Waals surface area contributed by atoms with Gasteiger partial charge in [0.1, 0.15) is 0 Å². The molecule has 0 aliphatic heterocycles. The van der Waals surface area contributed by atoms with Crippen LogP contribution in [0.1, 0.15) is 22.3 Å². The van der Waals surface area contributed by atoms with Crippen LogP contribution in [-0.4, -0.2) is 4.57 Å². The Morgan fingerprint density at radius 2 is 0.818 bits per heavy atom. The number of para-hydroxylation sites is 1. The third-order valence-electron chi connectivity index (χ3n) is 10.5. The highest BCUT2D eigenvalue weighted by molar-refractivity contribution is 6.20. The first kappa shape index (κ1) is 35.3. The molecule has 0 saturated carbocycles. The van der Waals surface area contributed by atoms with E-state index in [1.165, 1.54) is 93.5 Å². The van der Waals surface area contributed by atoms with E-state index in [-0.39, 0.29) is 0 Å². The van der Waals surface area contributed by atoms with Crippen molar-refractivity contribution in [2.24, 2.45) is 0 Å². The molecule has 9 aromatic carbocycles. The lowest BCUT2D eigenvalue weighted by Gasteiger charge is -2.11. The van der Waals surface area contributed by atoms with Crippen LogP contribution in [0.25, 0.3) is 71.3 Å². The second kappa shape index (κ2) is 15.7. The smallest absolute Gasteiger partial charge is 0.0619 e. The molecule has 0 spiro atoms. The van der Waals surface area contributed by atoms with Gasteiger partial charge in [0.2, 0.25) is 0 Å². The molecule has 1 heteroatoms. The van der Waals surface area contributed by atoms with E-state index in [9.17, 15) is 0 Å². The number of rotatable bonds is 3. The minimum Gasteiger partial charge on any atom is -0.309 e. The molecule has 0 aliphatic carbocycles. The van der Waals surface area contributed by atoms with Gasteiger partial charge in [-0.25, -0.2) is 0 Å². The summed E-state index contributed by atoms with van der Waals surface area (Å²) in [6.07, 6.45) is 0. The number of aromatic nitrogens is 1. The van der Waals surface area contributed by atoms with Crippen molar-refractivity contribution in [1.29, 1.82) is 0 Å². The van der Waals surface area contributed by atoms with E-state index in [0.29, 0.717) is 0 Å². The van der Waals surface area contributed by atoms with Crippen LogP contribution in [0.2, 0.25) is 0 Å². The molecule has 0 radical (unpaired) electrons. The van der Waals surface area contributed by atoms with E-state index < -0.39 is 0 Å². The van der Waals surface area contributed by atoms with E-state index in [0.717, 1.165) is 0 Å². The van der Waals surface area contributed by atoms with Gasteiger partial charge < -0.3 is 4.57 Å². The average molecular weight is 708 g/mol. The van der Waals surface area contributed by atoms with Gasteiger partial charge in [0.15, 0.2) is 0 Å². The van der Waals surface area contributed by atoms with Crippen molar-refractivity contribution in [3.05, 3.63) is 222 Å². The molecular weight excluding hydrogens is 663 g/mol. The van der Waals surface area contributed by atoms with E-state index in [1.54, 1.807) is 0 Å². The fourth-order valence-electron chi connectivity index (χ4n) is 7.59. The summed E-state index contributed by atoms with van der Waals surface area (Å²) in [6, 6.07) is 71.4. The Morgan fingerprint density at radius 1 is 0.309 bits per heavy atom. The second-order valence-corrected chi connectivity index (χ2v) is 14.4. The molecule has 1 nitrogen and oxygen atoms in total. The van der Waals surface area contributed by atoms with E-state index in [1.807, 2.05) is 6.07 Å². The first-order valence-electron chi connectivity index (χ1n) is 19.1. The highest BCUT2D eigenvalue weighted by Crippen LogP contribution is 2.39. The molecule has 0 N–H and O–H groups in total. The fourth-order valence-corrected chi connectivity index (χ4v) is 7.59. The summed E-state index contributed by atoms with van der Waals surface area (Å²) in [5, 5.41) is 7.90. The van der Waals surface area contributed by atoms with Crippen molar-refractivity contribution >= 4 is 43.4 Å². The lowest BCUT2D eigenvalue weighted by Crippen LogP contribution is -1.94. The predicted molar refractivity (Wildman–Crippen MR) is 238 cm³/mol. The molecular formula is C54H45N. The Kier molecular flexibility index (Phi) is 10.1. The highest BCUT2D eigenvalue weighted by Gasteiger charge is 2.17. The summed E-state index contributed by atoms with van der Waals surface area (Å²) in [5.74, 6) is 0. The van der Waals surface area contributed by atoms with Crippen molar-refractivity contribution in [2.45, 2.75) is 27.7 Å². The van der Waals surface area contributed by atoms with Crippen molar-refractivity contribution in [2.75, 3.05) is 0 Å². The molecule has 1 heterocycles. The lowest BCUT2D eigenvalue weighted by molar-refractivity contribution is 1.19. The number of hydrogen-bond acceptors (Lipinski definition) is 0. The van der Waals surface area contributed by atoms with Crippen molar-refractivity contribution in [1.82, 2.24) is 4.57 Å². The maximum Gasteiger partial charge on any atom is 0.0619 e. The molecule has 0 aliphatic rings. The predicted octanol–water partition coefficient (Wildman–Crippen LogP) is 15.0. The molecule has 0 saturated heterocycles. The Bertz CT molecular complexity index is 2860. The quantitative estimate of drug-likeness (QED) is 0.172. The highest BCUT2D eigenvalue weighted by atomic mass is 15.0. The van der Waals surface area contributed by atoms with Gasteiger partial charge in [-0.2, -0.15) is 0 Å². The first-order chi connectivity index (χ1) is 26.9. The maximum absolute atomic E-state index is 2.42. The van der Waals surface area contributed by atoms with Crippen molar-refractivity contribution in [3.8, 4) is 27.9 Å². The molecule has 0 atom stereocenters. The van der Waals surface area contributed by atoms with Crippen LogP contribution < -0.4 is 0 Å². The standard InChI is InChI=1S/C30H23N.C13H12.C11H10/c1-20-12-14-22(15-13-20)23-16-17-29-27(19-23)28-18-21(2)25-10-6-7-11-26(25)30(28)31(29)24-8-4-3-5-9-24;1-11-7-9-13(10-8-11)12-5-3-2-4-6-12;1-9-5-4-7-10-6-2-3-8-11(9)10/h3-19H,1-2H3;2-10H,1H3;2-8H,1H3. The van der Waals surface area contributed by atoms with Crippen LogP contribution in [0.5, 0.6) is 0 Å². The first-order valence-corrected chi connectivity index (χ1v) is 19.1. The van der Waals surface area contributed by atoms with E-state index in [4.69, 9.17) is 0 Å². The van der Waals surface area contributed by atoms with Gasteiger partial charge in [-0.3, -0.25) is 0 Å². The molecule has 0 bridgehead atoms. The van der Waals surface area contributed by atoms with Gasteiger partial charge >= 0.3 is 0 Å². The maximum atomic E-state index is 2.42. The van der Waals surface area contributed by atoms with Gasteiger partial charge in [-0.1, -0.05) is 181 Å². The number of hydrogen-bond donors (Lipinski definition) is 0. The Labute approximate surface area is 324 Å². The number of nitrogens with zero attached hydrogens (tertiary/aromatic N) is 1. The zero-order chi connectivity index (χ0) is 37.7. The van der Waals surface area contributed by atoms with Crippen LogP contribution in [0.3, 0.4) is 0 Å². The minimum absolute atomic E-state index is 1.19. The summed E-state index contributed by atoms with van der Waals surface area (Å²) in [4.78, 5) is 0. The van der Waals surface area contributed by atoms with Crippen LogP contribution in [0.4, 0.5) is 0 Å². The third kappa shape index (κ3) is 7.43. The lowest BCUT2D eigenvalue weighted by atomic mass is 9.99. The molecule has 1 aromatic heterocycles. The summed E-state index contributed by atoms with van der Waals surface area (Å²) in [7, 11) is 0. The second-order valence-electron chi connectivity index (χ2n) is 14.4. The zero-order valence-electron chi connectivity index (χ0n) is 32.0. The van der Waals surface area contributed by atoms with Crippen LogP contribution in [0, 0.1) is 27.7 Å². The summed E-state index contributed by atoms with van der Waals surface area (Å²) in [6.45, 7) is 8.60. The Hall–Kier alpha value is -6.70. The van der Waals surface area contributed by atoms with Crippen LogP contribution in [-0.2, 0) is 0 Å². The summed E-state index contributed by atoms with van der Waals surface area (Å²) < 4.78 is 2.42. The Morgan fingerprint density at radius 3 is 1.47 bits per heavy atom. The molecule has 10 aromatic rings. The van der Waals surface area contributed by atoms with Gasteiger partial charge in [0.25, 0.3) is 0 Å². The SMILES string of the molecule is Cc1ccc(-c2ccc3c(c2)c2cc(C)c4ccccc4c2n3-c2ccccc2)cc1.Cc1ccc(-c2ccccc2)cc1.Cc1cccc2ccccc12. The van der Waals surface area contributed by atoms with E-state index >= 15 is 0 Å². The Balaban J connectivity index is 0.000000145. The molecule has 266 valence electrons. The summed E-state index contributed by atoms with van der Waals surface area (Å²) in [5.41, 5.74) is 14.0. The minimum atomic E-state index is 1.19. The monoisotopic (exact) mass is 707 g/mol. The largest absolute Gasteiger partial charge is 0.309 e.